The van der Waals surface area contributed by atoms with Crippen LogP contribution in [0.4, 0.5) is 10.5 Å². The molecule has 1 aliphatic heterocycles. The van der Waals surface area contributed by atoms with Crippen LogP contribution < -0.4 is 15.4 Å². The number of aliphatic hydroxyl groups excluding tert-OH is 1. The number of carbonyl (C=O) groups excluding carboxylic acids is 1. The molecule has 4 atom stereocenters. The number of hydrogen-bond donors (Lipinski definition) is 3. The topological polar surface area (TPSA) is 107 Å². The van der Waals surface area contributed by atoms with E-state index in [1.54, 1.807) is 35.2 Å². The van der Waals surface area contributed by atoms with Gasteiger partial charge >= 0.3 is 6.03 Å². The monoisotopic (exact) mass is 672 g/mol. The van der Waals surface area contributed by atoms with Crippen molar-refractivity contribution in [3.63, 3.8) is 0 Å². The van der Waals surface area contributed by atoms with E-state index in [2.05, 4.69) is 22.5 Å². The zero-order valence-electron chi connectivity index (χ0n) is 25.6. The van der Waals surface area contributed by atoms with Crippen molar-refractivity contribution in [2.45, 2.75) is 45.1 Å². The van der Waals surface area contributed by atoms with Crippen LogP contribution in [0.2, 0.25) is 10.3 Å². The van der Waals surface area contributed by atoms with E-state index in [-0.39, 0.29) is 35.9 Å². The molecule has 1 aromatic heterocycles. The quantitative estimate of drug-likeness (QED) is 0.138. The summed E-state index contributed by atoms with van der Waals surface area (Å²) >= 11 is 12.5. The lowest BCUT2D eigenvalue weighted by Crippen LogP contribution is -2.39. The molecule has 0 saturated carbocycles. The van der Waals surface area contributed by atoms with Gasteiger partial charge in [0.25, 0.3) is 0 Å². The molecule has 1 saturated heterocycles. The molecule has 0 bridgehead atoms. The van der Waals surface area contributed by atoms with E-state index in [9.17, 15) is 9.90 Å². The summed E-state index contributed by atoms with van der Waals surface area (Å²) in [6.45, 7) is 2.80. The lowest BCUT2D eigenvalue weighted by Gasteiger charge is -2.41. The number of rotatable bonds is 10. The fourth-order valence-electron chi connectivity index (χ4n) is 5.37. The van der Waals surface area contributed by atoms with Gasteiger partial charge < -0.3 is 34.5 Å². The minimum absolute atomic E-state index is 0.0316. The number of nitrogens with zero attached hydrogens (tertiary/aromatic N) is 2. The van der Waals surface area contributed by atoms with Gasteiger partial charge in [-0.05, 0) is 53.1 Å². The second-order valence-electron chi connectivity index (χ2n) is 11.3. The number of hydrogen-bond acceptors (Lipinski definition) is 6. The SMILES string of the molecule is C[C@H]1[C@@H](Cn2cnc(Cl)c2Cl)O[C@@H](c2ccc(CNC(=O)Nc3ccc(Oc4ccccc4)cc3)cc2)O[C@H]1c1ccc(CO)cc1. The smallest absolute Gasteiger partial charge is 0.319 e. The molecule has 0 unspecified atom stereocenters. The summed E-state index contributed by atoms with van der Waals surface area (Å²) < 4.78 is 20.6. The summed E-state index contributed by atoms with van der Waals surface area (Å²) in [5.74, 6) is 1.37. The molecule has 2 heterocycles. The molecule has 11 heteroatoms. The summed E-state index contributed by atoms with van der Waals surface area (Å²) in [5, 5.41) is 15.8. The van der Waals surface area contributed by atoms with Crippen molar-refractivity contribution in [3.05, 3.63) is 142 Å². The van der Waals surface area contributed by atoms with Gasteiger partial charge in [0, 0.05) is 23.7 Å². The average Bonchev–Trinajstić information content (AvgIpc) is 3.42. The first-order valence-corrected chi connectivity index (χ1v) is 16.0. The van der Waals surface area contributed by atoms with E-state index in [1.165, 1.54) is 0 Å². The van der Waals surface area contributed by atoms with Gasteiger partial charge in [0.2, 0.25) is 0 Å². The Morgan fingerprint density at radius 3 is 2.19 bits per heavy atom. The first-order chi connectivity index (χ1) is 22.9. The summed E-state index contributed by atoms with van der Waals surface area (Å²) in [4.78, 5) is 16.7. The number of aliphatic hydroxyl groups is 1. The number of para-hydroxylation sites is 1. The van der Waals surface area contributed by atoms with Gasteiger partial charge in [0.1, 0.15) is 16.7 Å². The van der Waals surface area contributed by atoms with Crippen LogP contribution in [0, 0.1) is 5.92 Å². The Morgan fingerprint density at radius 1 is 0.872 bits per heavy atom. The molecule has 0 radical (unpaired) electrons. The predicted molar refractivity (Wildman–Crippen MR) is 180 cm³/mol. The van der Waals surface area contributed by atoms with Crippen LogP contribution in [0.1, 0.15) is 41.6 Å². The summed E-state index contributed by atoms with van der Waals surface area (Å²) in [5.41, 5.74) is 4.19. The number of imidazole rings is 1. The zero-order chi connectivity index (χ0) is 32.8. The van der Waals surface area contributed by atoms with E-state index in [0.29, 0.717) is 29.7 Å². The van der Waals surface area contributed by atoms with Gasteiger partial charge in [-0.1, -0.05) is 96.9 Å². The fraction of sp³-hybridized carbons (Fsp3) is 0.222. The van der Waals surface area contributed by atoms with Crippen LogP contribution in [0.5, 0.6) is 11.5 Å². The van der Waals surface area contributed by atoms with Crippen molar-refractivity contribution >= 4 is 34.9 Å². The fourth-order valence-corrected chi connectivity index (χ4v) is 5.69. The Balaban J connectivity index is 1.08. The highest BCUT2D eigenvalue weighted by atomic mass is 35.5. The van der Waals surface area contributed by atoms with Crippen LogP contribution in [0.3, 0.4) is 0 Å². The Morgan fingerprint density at radius 2 is 1.53 bits per heavy atom. The van der Waals surface area contributed by atoms with Crippen molar-refractivity contribution < 1.29 is 24.1 Å². The van der Waals surface area contributed by atoms with E-state index in [0.717, 1.165) is 28.0 Å². The van der Waals surface area contributed by atoms with Crippen LogP contribution in [0.25, 0.3) is 0 Å². The molecule has 47 heavy (non-hydrogen) atoms. The third-order valence-corrected chi connectivity index (χ3v) is 8.80. The second-order valence-corrected chi connectivity index (χ2v) is 12.0. The molecule has 1 fully saturated rings. The molecule has 2 amide bonds. The van der Waals surface area contributed by atoms with E-state index in [1.807, 2.05) is 78.9 Å². The number of anilines is 1. The molecule has 3 N–H and O–H groups in total. The van der Waals surface area contributed by atoms with E-state index >= 15 is 0 Å². The largest absolute Gasteiger partial charge is 0.457 e. The molecule has 0 aliphatic carbocycles. The summed E-state index contributed by atoms with van der Waals surface area (Å²) in [6.07, 6.45) is 0.385. The maximum Gasteiger partial charge on any atom is 0.319 e. The highest BCUT2D eigenvalue weighted by Gasteiger charge is 2.38. The number of carbonyl (C=O) groups is 1. The molecular formula is C36H34Cl2N4O5. The molecule has 4 aromatic carbocycles. The summed E-state index contributed by atoms with van der Waals surface area (Å²) in [6, 6.07) is 31.8. The Hall–Kier alpha value is -4.38. The lowest BCUT2D eigenvalue weighted by atomic mass is 9.90. The first kappa shape index (κ1) is 32.6. The highest BCUT2D eigenvalue weighted by Crippen LogP contribution is 2.42. The average molecular weight is 674 g/mol. The van der Waals surface area contributed by atoms with Crippen molar-refractivity contribution in [2.24, 2.45) is 5.92 Å². The van der Waals surface area contributed by atoms with E-state index < -0.39 is 6.29 Å². The van der Waals surface area contributed by atoms with Crippen LogP contribution >= 0.6 is 23.2 Å². The van der Waals surface area contributed by atoms with E-state index in [4.69, 9.17) is 37.4 Å². The van der Waals surface area contributed by atoms with Gasteiger partial charge in [-0.3, -0.25) is 0 Å². The summed E-state index contributed by atoms with van der Waals surface area (Å²) in [7, 11) is 0. The van der Waals surface area contributed by atoms with Crippen molar-refractivity contribution in [1.29, 1.82) is 0 Å². The van der Waals surface area contributed by atoms with Crippen molar-refractivity contribution in [3.8, 4) is 11.5 Å². The van der Waals surface area contributed by atoms with Gasteiger partial charge in [0.15, 0.2) is 11.4 Å². The number of nitrogens with one attached hydrogen (secondary N) is 2. The zero-order valence-corrected chi connectivity index (χ0v) is 27.1. The molecule has 242 valence electrons. The molecule has 0 spiro atoms. The normalized spacial score (nSPS) is 19.2. The minimum atomic E-state index is -0.657. The first-order valence-electron chi connectivity index (χ1n) is 15.2. The van der Waals surface area contributed by atoms with Crippen LogP contribution in [0.15, 0.2) is 109 Å². The third kappa shape index (κ3) is 8.13. The van der Waals surface area contributed by atoms with Gasteiger partial charge in [-0.2, -0.15) is 0 Å². The minimum Gasteiger partial charge on any atom is -0.457 e. The number of aromatic nitrogens is 2. The maximum atomic E-state index is 12.6. The highest BCUT2D eigenvalue weighted by molar-refractivity contribution is 6.40. The van der Waals surface area contributed by atoms with Gasteiger partial charge in [-0.25, -0.2) is 9.78 Å². The van der Waals surface area contributed by atoms with Gasteiger partial charge in [0.05, 0.1) is 31.7 Å². The molecule has 6 rings (SSSR count). The van der Waals surface area contributed by atoms with Crippen molar-refractivity contribution in [2.75, 3.05) is 5.32 Å². The Labute approximate surface area is 283 Å². The van der Waals surface area contributed by atoms with Crippen LogP contribution in [-0.4, -0.2) is 26.8 Å². The second kappa shape index (κ2) is 15.0. The molecule has 9 nitrogen and oxygen atoms in total. The number of urea groups is 1. The third-order valence-electron chi connectivity index (χ3n) is 8.03. The molecular weight excluding hydrogens is 639 g/mol. The van der Waals surface area contributed by atoms with Crippen LogP contribution in [-0.2, 0) is 29.2 Å². The maximum absolute atomic E-state index is 12.6. The number of ether oxygens (including phenoxy) is 3. The Bertz CT molecular complexity index is 1770. The Kier molecular flexibility index (Phi) is 10.4. The van der Waals surface area contributed by atoms with Crippen molar-refractivity contribution in [1.82, 2.24) is 14.9 Å². The van der Waals surface area contributed by atoms with Gasteiger partial charge in [-0.15, -0.1) is 0 Å². The molecule has 5 aromatic rings. The lowest BCUT2D eigenvalue weighted by molar-refractivity contribution is -0.276. The number of amides is 2. The number of halogens is 2. The molecule has 1 aliphatic rings. The predicted octanol–water partition coefficient (Wildman–Crippen LogP) is 8.29. The standard InChI is InChI=1S/C36H34Cl2N4O5/c1-23-31(20-42-22-40-33(37)34(42)38)46-35(47-32(23)26-11-9-25(21-43)10-12-26)27-13-7-24(8-14-27)19-39-36(44)41-28-15-17-30(18-16-28)45-29-5-3-2-4-6-29/h2-18,22-23,31-32,35,43H,19-21H2,1H3,(H2,39,41,44)/t23-,31+,32+,35+/m0/s1. The number of benzene rings is 4.